The average molecular weight is 381 g/mol. The summed E-state index contributed by atoms with van der Waals surface area (Å²) in [7, 11) is 1.95. The first-order valence-electron chi connectivity index (χ1n) is 9.57. The third-order valence-corrected chi connectivity index (χ3v) is 4.28. The molecule has 0 aliphatic rings. The van der Waals surface area contributed by atoms with Gasteiger partial charge in [0, 0.05) is 12.5 Å². The van der Waals surface area contributed by atoms with Gasteiger partial charge in [-0.2, -0.15) is 0 Å². The number of hydrogen-bond donors (Lipinski definition) is 1. The quantitative estimate of drug-likeness (QED) is 0.214. The van der Waals surface area contributed by atoms with Gasteiger partial charge in [-0.25, -0.2) is 4.58 Å². The van der Waals surface area contributed by atoms with E-state index in [0.29, 0.717) is 5.84 Å². The van der Waals surface area contributed by atoms with Gasteiger partial charge in [0.25, 0.3) is 0 Å². The summed E-state index contributed by atoms with van der Waals surface area (Å²) in [4.78, 5) is 4.84. The summed E-state index contributed by atoms with van der Waals surface area (Å²) in [5.74, 6) is 1.52. The fraction of sp³-hybridized carbons (Fsp3) is 0.360. The van der Waals surface area contributed by atoms with Crippen molar-refractivity contribution in [1.82, 2.24) is 0 Å². The maximum atomic E-state index is 6.45. The lowest BCUT2D eigenvalue weighted by molar-refractivity contribution is -0.372. The topological polar surface area (TPSA) is 41.4 Å². The molecule has 3 nitrogen and oxygen atoms in total. The number of benzene rings is 1. The molecule has 152 valence electrons. The number of hydrogen-bond acceptors (Lipinski definition) is 1. The maximum Gasteiger partial charge on any atom is 0.235 e. The van der Waals surface area contributed by atoms with Crippen molar-refractivity contribution in [2.45, 2.75) is 55.4 Å². The fourth-order valence-electron chi connectivity index (χ4n) is 2.73. The van der Waals surface area contributed by atoms with Crippen molar-refractivity contribution in [1.29, 1.82) is 0 Å². The minimum Gasteiger partial charge on any atom is -0.318 e. The van der Waals surface area contributed by atoms with Crippen LogP contribution in [0.15, 0.2) is 65.2 Å². The van der Waals surface area contributed by atoms with Crippen LogP contribution >= 0.6 is 0 Å². The number of allylic oxidation sites excluding steroid dienone is 4. The van der Waals surface area contributed by atoms with Gasteiger partial charge in [-0.05, 0) is 71.2 Å². The summed E-state index contributed by atoms with van der Waals surface area (Å²) in [6.45, 7) is 23.5. The second-order valence-corrected chi connectivity index (χ2v) is 7.13. The monoisotopic (exact) mass is 380 g/mol. The van der Waals surface area contributed by atoms with Gasteiger partial charge in [0.1, 0.15) is 5.69 Å². The Morgan fingerprint density at radius 3 is 1.93 bits per heavy atom. The Kier molecular flexibility index (Phi) is 10.8. The first-order chi connectivity index (χ1) is 13.0. The lowest BCUT2D eigenvalue weighted by Crippen LogP contribution is -2.31. The van der Waals surface area contributed by atoms with Crippen molar-refractivity contribution in [3.63, 3.8) is 0 Å². The Morgan fingerprint density at radius 2 is 1.54 bits per heavy atom. The van der Waals surface area contributed by atoms with Gasteiger partial charge in [0.2, 0.25) is 11.7 Å². The molecule has 0 aliphatic carbocycles. The van der Waals surface area contributed by atoms with Crippen molar-refractivity contribution in [3.8, 4) is 0 Å². The predicted molar refractivity (Wildman–Crippen MR) is 127 cm³/mol. The second-order valence-electron chi connectivity index (χ2n) is 7.13. The van der Waals surface area contributed by atoms with Crippen LogP contribution in [-0.4, -0.2) is 23.3 Å². The zero-order valence-corrected chi connectivity index (χ0v) is 19.3. The van der Waals surface area contributed by atoms with E-state index in [1.165, 1.54) is 16.7 Å². The van der Waals surface area contributed by atoms with Gasteiger partial charge in [-0.3, -0.25) is 0 Å². The van der Waals surface area contributed by atoms with Crippen LogP contribution in [0.5, 0.6) is 0 Å². The second kappa shape index (κ2) is 11.9. The molecule has 0 fully saturated rings. The molecule has 0 aromatic heterocycles. The van der Waals surface area contributed by atoms with Crippen molar-refractivity contribution in [2.24, 2.45) is 10.7 Å². The van der Waals surface area contributed by atoms with Gasteiger partial charge >= 0.3 is 0 Å². The number of nitrogens with two attached hydrogens (primary N) is 1. The van der Waals surface area contributed by atoms with E-state index in [1.54, 1.807) is 6.08 Å². The summed E-state index contributed by atoms with van der Waals surface area (Å²) in [5, 5.41) is 0. The number of rotatable bonds is 4. The highest BCUT2D eigenvalue weighted by Gasteiger charge is 2.15. The van der Waals surface area contributed by atoms with Gasteiger partial charge in [-0.1, -0.05) is 42.0 Å². The number of amidine groups is 2. The lowest BCUT2D eigenvalue weighted by Gasteiger charge is -2.10. The number of aliphatic imine (C=N–C) groups is 1. The molecule has 0 amide bonds. The molecular weight excluding hydrogens is 342 g/mol. The van der Waals surface area contributed by atoms with Crippen LogP contribution in [0.4, 0.5) is 5.69 Å². The van der Waals surface area contributed by atoms with Crippen LogP contribution in [0.1, 0.15) is 51.3 Å². The lowest BCUT2D eigenvalue weighted by atomic mass is 10.0. The molecular formula is C25H38N3+. The van der Waals surface area contributed by atoms with Crippen LogP contribution in [0.3, 0.4) is 0 Å². The molecule has 1 aromatic carbocycles. The SMILES string of the molecule is C=C(C)/C=C(C(N)=[N+](C)C(C)=Nc1c(C)cc(C)cc1C)\C(C)=C/C.C=CC. The Morgan fingerprint density at radius 1 is 1.07 bits per heavy atom. The summed E-state index contributed by atoms with van der Waals surface area (Å²) in [5.41, 5.74) is 14.1. The molecule has 1 aromatic rings. The van der Waals surface area contributed by atoms with E-state index in [-0.39, 0.29) is 0 Å². The molecule has 0 spiro atoms. The summed E-state index contributed by atoms with van der Waals surface area (Å²) in [6.07, 6.45) is 5.81. The molecule has 0 aliphatic heterocycles. The van der Waals surface area contributed by atoms with Crippen LogP contribution in [0.2, 0.25) is 0 Å². The van der Waals surface area contributed by atoms with Crippen molar-refractivity contribution in [3.05, 3.63) is 76.9 Å². The van der Waals surface area contributed by atoms with Gasteiger partial charge in [0.15, 0.2) is 0 Å². The molecule has 1 rings (SSSR count). The zero-order valence-electron chi connectivity index (χ0n) is 19.3. The molecule has 0 bridgehead atoms. The molecule has 0 saturated heterocycles. The predicted octanol–water partition coefficient (Wildman–Crippen LogP) is 6.32. The first kappa shape index (κ1) is 25.3. The third-order valence-electron chi connectivity index (χ3n) is 4.28. The molecule has 0 saturated carbocycles. The van der Waals surface area contributed by atoms with E-state index in [4.69, 9.17) is 10.7 Å². The van der Waals surface area contributed by atoms with E-state index in [2.05, 4.69) is 59.1 Å². The molecule has 0 radical (unpaired) electrons. The standard InChI is InChI=1S/C22H31N3.C3H6/c1-10-16(5)20(11-14(2)3)22(23)25(9)19(8)24-21-17(6)12-15(4)13-18(21)7;1-3-2/h10-13,23H,2H2,1,3-9H3;3H,1H2,2H3/p+1/b16-10-,20-11+,24-19?;. The Labute approximate surface area is 172 Å². The number of nitrogens with zero attached hydrogens (tertiary/aromatic N) is 2. The van der Waals surface area contributed by atoms with Gasteiger partial charge < -0.3 is 5.73 Å². The smallest absolute Gasteiger partial charge is 0.235 e. The molecule has 28 heavy (non-hydrogen) atoms. The maximum absolute atomic E-state index is 6.45. The molecule has 2 N–H and O–H groups in total. The highest BCUT2D eigenvalue weighted by molar-refractivity contribution is 6.00. The highest BCUT2D eigenvalue weighted by Crippen LogP contribution is 2.25. The average Bonchev–Trinajstić information content (AvgIpc) is 2.61. The highest BCUT2D eigenvalue weighted by atomic mass is 15.1. The van der Waals surface area contributed by atoms with Crippen LogP contribution in [0.25, 0.3) is 0 Å². The fourth-order valence-corrected chi connectivity index (χ4v) is 2.73. The minimum absolute atomic E-state index is 0.669. The van der Waals surface area contributed by atoms with Crippen molar-refractivity contribution < 1.29 is 4.58 Å². The Hall–Kier alpha value is -2.68. The van der Waals surface area contributed by atoms with Crippen LogP contribution in [0, 0.1) is 20.8 Å². The van der Waals surface area contributed by atoms with E-state index in [1.807, 2.05) is 45.4 Å². The van der Waals surface area contributed by atoms with Crippen LogP contribution in [-0.2, 0) is 0 Å². The first-order valence-corrected chi connectivity index (χ1v) is 9.57. The Bertz CT molecular complexity index is 824. The van der Waals surface area contributed by atoms with Crippen molar-refractivity contribution in [2.75, 3.05) is 7.05 Å². The van der Waals surface area contributed by atoms with E-state index < -0.39 is 0 Å². The largest absolute Gasteiger partial charge is 0.318 e. The summed E-state index contributed by atoms with van der Waals surface area (Å²) < 4.78 is 1.93. The van der Waals surface area contributed by atoms with Gasteiger partial charge in [-0.15, -0.1) is 11.6 Å². The summed E-state index contributed by atoms with van der Waals surface area (Å²) in [6, 6.07) is 4.31. The van der Waals surface area contributed by atoms with Gasteiger partial charge in [0.05, 0.1) is 7.05 Å². The molecule has 0 unspecified atom stereocenters. The van der Waals surface area contributed by atoms with E-state index in [9.17, 15) is 0 Å². The Balaban J connectivity index is 0.00000227. The number of aryl methyl sites for hydroxylation is 3. The molecule has 0 heterocycles. The molecule has 0 atom stereocenters. The van der Waals surface area contributed by atoms with Crippen molar-refractivity contribution >= 4 is 17.4 Å². The zero-order chi connectivity index (χ0) is 22.0. The normalized spacial score (nSPS) is 13.4. The van der Waals surface area contributed by atoms with E-state index >= 15 is 0 Å². The van der Waals surface area contributed by atoms with E-state index in [0.717, 1.165) is 28.2 Å². The van der Waals surface area contributed by atoms with Crippen LogP contribution < -0.4 is 5.73 Å². The summed E-state index contributed by atoms with van der Waals surface area (Å²) >= 11 is 0. The minimum atomic E-state index is 0.669. The molecule has 3 heteroatoms. The third kappa shape index (κ3) is 7.51.